The predicted molar refractivity (Wildman–Crippen MR) is 175 cm³/mol. The summed E-state index contributed by atoms with van der Waals surface area (Å²) in [4.78, 5) is 20.5. The number of esters is 1. The fourth-order valence-corrected chi connectivity index (χ4v) is 6.93. The lowest BCUT2D eigenvalue weighted by Gasteiger charge is -2.37. The van der Waals surface area contributed by atoms with Gasteiger partial charge in [-0.3, -0.25) is 0 Å². The molecule has 220 valence electrons. The van der Waals surface area contributed by atoms with E-state index >= 15 is 0 Å². The summed E-state index contributed by atoms with van der Waals surface area (Å²) in [6, 6.07) is 14.4. The van der Waals surface area contributed by atoms with Gasteiger partial charge in [0.1, 0.15) is 0 Å². The van der Waals surface area contributed by atoms with Crippen LogP contribution in [-0.4, -0.2) is 45.2 Å². The molecule has 41 heavy (non-hydrogen) atoms. The first kappa shape index (κ1) is 31.6. The highest BCUT2D eigenvalue weighted by atomic mass is 35.5. The lowest BCUT2D eigenvalue weighted by Crippen LogP contribution is -2.34. The van der Waals surface area contributed by atoms with Crippen molar-refractivity contribution in [2.75, 3.05) is 54.0 Å². The monoisotopic (exact) mass is 635 g/mol. The minimum atomic E-state index is -1.41. The maximum Gasteiger partial charge on any atom is 0.341 e. The molecule has 9 heteroatoms. The van der Waals surface area contributed by atoms with Crippen LogP contribution in [0, 0.1) is 0 Å². The molecular weight excluding hydrogens is 600 g/mol. The van der Waals surface area contributed by atoms with E-state index in [0.29, 0.717) is 5.56 Å². The van der Waals surface area contributed by atoms with E-state index in [0.717, 1.165) is 67.5 Å². The van der Waals surface area contributed by atoms with Crippen LogP contribution in [0.3, 0.4) is 0 Å². The first-order valence-electron chi connectivity index (χ1n) is 14.2. The Balaban J connectivity index is 2.14. The van der Waals surface area contributed by atoms with Crippen molar-refractivity contribution >= 4 is 69.4 Å². The number of hydrogen-bond donors (Lipinski definition) is 0. The van der Waals surface area contributed by atoms with Gasteiger partial charge in [-0.1, -0.05) is 64.6 Å². The zero-order valence-electron chi connectivity index (χ0n) is 24.5. The third-order valence-electron chi connectivity index (χ3n) is 8.06. The summed E-state index contributed by atoms with van der Waals surface area (Å²) in [5, 5.41) is 0.297. The van der Waals surface area contributed by atoms with Crippen molar-refractivity contribution in [2.24, 2.45) is 0 Å². The third kappa shape index (κ3) is 5.24. The summed E-state index contributed by atoms with van der Waals surface area (Å²) >= 11 is 26.7. The Labute approximate surface area is 263 Å². The SMILES string of the molecule is CCN(CC)c1ccc(C2(c3ccc(N(CC)CC)cc3N(CC)CC)OC(=O)c3c(Cl)c(Cl)c(Cl)c(Cl)c32)cc1. The second-order valence-electron chi connectivity index (χ2n) is 9.84. The van der Waals surface area contributed by atoms with E-state index in [9.17, 15) is 4.79 Å². The number of cyclic esters (lactones) is 1. The van der Waals surface area contributed by atoms with Gasteiger partial charge in [0.25, 0.3) is 0 Å². The number of halogens is 4. The molecule has 0 fully saturated rings. The molecule has 0 amide bonds. The average Bonchev–Trinajstić information content (AvgIpc) is 3.31. The van der Waals surface area contributed by atoms with Crippen molar-refractivity contribution in [2.45, 2.75) is 47.1 Å². The first-order valence-corrected chi connectivity index (χ1v) is 15.8. The third-order valence-corrected chi connectivity index (χ3v) is 9.87. The van der Waals surface area contributed by atoms with Gasteiger partial charge in [-0.2, -0.15) is 0 Å². The molecule has 3 aromatic rings. The molecule has 4 rings (SSSR count). The van der Waals surface area contributed by atoms with Gasteiger partial charge in [0, 0.05) is 73.0 Å². The molecule has 1 unspecified atom stereocenters. The molecule has 0 saturated carbocycles. The predicted octanol–water partition coefficient (Wildman–Crippen LogP) is 9.30. The van der Waals surface area contributed by atoms with E-state index in [2.05, 4.69) is 68.4 Å². The number of fused-ring (bicyclic) bond motifs is 1. The lowest BCUT2D eigenvalue weighted by atomic mass is 9.78. The van der Waals surface area contributed by atoms with Crippen molar-refractivity contribution in [1.82, 2.24) is 0 Å². The average molecular weight is 637 g/mol. The number of nitrogens with zero attached hydrogens (tertiary/aromatic N) is 3. The molecule has 0 N–H and O–H groups in total. The van der Waals surface area contributed by atoms with Crippen LogP contribution in [0.25, 0.3) is 0 Å². The number of benzene rings is 3. The van der Waals surface area contributed by atoms with E-state index in [1.807, 2.05) is 30.3 Å². The van der Waals surface area contributed by atoms with Gasteiger partial charge in [-0.25, -0.2) is 4.79 Å². The summed E-state index contributed by atoms with van der Waals surface area (Å²) in [5.41, 5.74) is 3.72. The summed E-state index contributed by atoms with van der Waals surface area (Å²) in [6.07, 6.45) is 0. The highest BCUT2D eigenvalue weighted by Crippen LogP contribution is 2.57. The molecule has 0 aliphatic carbocycles. The van der Waals surface area contributed by atoms with Gasteiger partial charge in [-0.05, 0) is 65.8 Å². The number of rotatable bonds is 11. The molecule has 1 heterocycles. The number of carbonyl (C=O) groups is 1. The smallest absolute Gasteiger partial charge is 0.341 e. The van der Waals surface area contributed by atoms with E-state index in [4.69, 9.17) is 51.1 Å². The van der Waals surface area contributed by atoms with Crippen LogP contribution in [0.4, 0.5) is 17.1 Å². The Hall–Kier alpha value is -2.31. The summed E-state index contributed by atoms with van der Waals surface area (Å²) in [6.45, 7) is 17.7. The fraction of sp³-hybridized carbons (Fsp3) is 0.406. The number of carbonyl (C=O) groups excluding carboxylic acids is 1. The van der Waals surface area contributed by atoms with Crippen LogP contribution in [-0.2, 0) is 10.3 Å². The van der Waals surface area contributed by atoms with Gasteiger partial charge in [-0.15, -0.1) is 0 Å². The molecule has 0 radical (unpaired) electrons. The Morgan fingerprint density at radius 3 is 1.66 bits per heavy atom. The van der Waals surface area contributed by atoms with Gasteiger partial charge in [0.15, 0.2) is 5.60 Å². The van der Waals surface area contributed by atoms with Gasteiger partial charge >= 0.3 is 5.97 Å². The Morgan fingerprint density at radius 2 is 1.12 bits per heavy atom. The molecule has 1 atom stereocenters. The van der Waals surface area contributed by atoms with E-state index in [1.54, 1.807) is 0 Å². The first-order chi connectivity index (χ1) is 19.6. The minimum absolute atomic E-state index is 0.0302. The zero-order chi connectivity index (χ0) is 30.1. The zero-order valence-corrected chi connectivity index (χ0v) is 27.5. The van der Waals surface area contributed by atoms with Crippen molar-refractivity contribution in [3.05, 3.63) is 84.8 Å². The quantitative estimate of drug-likeness (QED) is 0.119. The normalized spacial score (nSPS) is 16.0. The molecule has 3 aromatic carbocycles. The Morgan fingerprint density at radius 1 is 0.634 bits per heavy atom. The van der Waals surface area contributed by atoms with Crippen LogP contribution in [0.1, 0.15) is 68.6 Å². The molecule has 1 aliphatic rings. The molecule has 0 bridgehead atoms. The number of anilines is 3. The highest BCUT2D eigenvalue weighted by Gasteiger charge is 2.53. The van der Waals surface area contributed by atoms with Gasteiger partial charge in [0.2, 0.25) is 0 Å². The van der Waals surface area contributed by atoms with E-state index in [-0.39, 0.29) is 25.7 Å². The highest BCUT2D eigenvalue weighted by molar-refractivity contribution is 6.53. The second kappa shape index (κ2) is 12.9. The molecule has 0 spiro atoms. The molecular formula is C32H37Cl4N3O2. The number of ether oxygens (including phenoxy) is 1. The van der Waals surface area contributed by atoms with E-state index < -0.39 is 11.6 Å². The maximum absolute atomic E-state index is 13.7. The van der Waals surface area contributed by atoms with Gasteiger partial charge in [0.05, 0.1) is 25.7 Å². The van der Waals surface area contributed by atoms with Crippen molar-refractivity contribution in [1.29, 1.82) is 0 Å². The van der Waals surface area contributed by atoms with Crippen LogP contribution in [0.15, 0.2) is 42.5 Å². The minimum Gasteiger partial charge on any atom is -0.440 e. The van der Waals surface area contributed by atoms with Gasteiger partial charge < -0.3 is 19.4 Å². The summed E-state index contributed by atoms with van der Waals surface area (Å²) in [7, 11) is 0. The van der Waals surface area contributed by atoms with Crippen LogP contribution in [0.2, 0.25) is 20.1 Å². The van der Waals surface area contributed by atoms with Crippen LogP contribution in [0.5, 0.6) is 0 Å². The second-order valence-corrected chi connectivity index (χ2v) is 11.4. The molecule has 0 aromatic heterocycles. The Kier molecular flexibility index (Phi) is 9.96. The fourth-order valence-electron chi connectivity index (χ4n) is 5.87. The number of hydrogen-bond acceptors (Lipinski definition) is 5. The molecule has 0 saturated heterocycles. The van der Waals surface area contributed by atoms with Crippen molar-refractivity contribution in [3.8, 4) is 0 Å². The molecule has 1 aliphatic heterocycles. The largest absolute Gasteiger partial charge is 0.440 e. The van der Waals surface area contributed by atoms with Crippen LogP contribution >= 0.6 is 46.4 Å². The molecule has 5 nitrogen and oxygen atoms in total. The summed E-state index contributed by atoms with van der Waals surface area (Å²) in [5.74, 6) is -0.600. The van der Waals surface area contributed by atoms with E-state index in [1.165, 1.54) is 0 Å². The Bertz CT molecular complexity index is 1420. The van der Waals surface area contributed by atoms with Crippen LogP contribution < -0.4 is 14.7 Å². The standard InChI is InChI=1S/C32H37Cl4N3O2/c1-7-37(8-2)21-15-13-20(14-16-21)32(26-25(31(40)41-32)27(33)29(35)30(36)28(26)34)23-18-17-22(38(9-3)10-4)19-24(23)39(11-5)12-6/h13-19H,7-12H2,1-6H3. The lowest BCUT2D eigenvalue weighted by molar-refractivity contribution is 0.0253. The van der Waals surface area contributed by atoms with Crippen molar-refractivity contribution < 1.29 is 9.53 Å². The topological polar surface area (TPSA) is 36.0 Å². The van der Waals surface area contributed by atoms with Crippen molar-refractivity contribution in [3.63, 3.8) is 0 Å². The maximum atomic E-state index is 13.7. The summed E-state index contributed by atoms with van der Waals surface area (Å²) < 4.78 is 6.47.